The summed E-state index contributed by atoms with van der Waals surface area (Å²) in [5, 5.41) is 4.24. The number of anilines is 1. The Hall–Kier alpha value is -2.44. The summed E-state index contributed by atoms with van der Waals surface area (Å²) >= 11 is 0. The molecule has 0 N–H and O–H groups in total. The molecule has 3 heterocycles. The fourth-order valence-corrected chi connectivity index (χ4v) is 3.46. The number of rotatable bonds is 4. The molecule has 1 aliphatic heterocycles. The maximum Gasteiger partial charge on any atom is 0.136 e. The van der Waals surface area contributed by atoms with Crippen molar-refractivity contribution < 1.29 is 4.39 Å². The lowest BCUT2D eigenvalue weighted by Gasteiger charge is -2.36. The minimum atomic E-state index is -0.224. The van der Waals surface area contributed by atoms with Crippen LogP contribution in [0.25, 0.3) is 11.1 Å². The van der Waals surface area contributed by atoms with Crippen molar-refractivity contribution in [1.29, 1.82) is 0 Å². The number of hydrogen-bond donors (Lipinski definition) is 0. The summed E-state index contributed by atoms with van der Waals surface area (Å²) in [7, 11) is 1.94. The molecule has 0 atom stereocenters. The highest BCUT2D eigenvalue weighted by atomic mass is 35.5. The second-order valence-electron chi connectivity index (χ2n) is 6.67. The standard InChI is InChI=1S/C20H22FN5.ClH/c1-24-14-16(13-23-24)15-25-8-10-26(11-9-25)20-19(6-3-7-22-20)17-4-2-5-18(21)12-17;/h2-7,12-14H,8-11,15H2,1H3;1H. The van der Waals surface area contributed by atoms with E-state index in [1.807, 2.05) is 36.1 Å². The monoisotopic (exact) mass is 387 g/mol. The Balaban J connectivity index is 0.00000210. The molecule has 2 aromatic heterocycles. The summed E-state index contributed by atoms with van der Waals surface area (Å²) in [4.78, 5) is 9.31. The van der Waals surface area contributed by atoms with Crippen LogP contribution in [0.15, 0.2) is 55.0 Å². The molecule has 1 fully saturated rings. The largest absolute Gasteiger partial charge is 0.354 e. The molecular weight excluding hydrogens is 365 g/mol. The van der Waals surface area contributed by atoms with E-state index in [0.717, 1.165) is 49.7 Å². The summed E-state index contributed by atoms with van der Waals surface area (Å²) in [5.74, 6) is 0.706. The van der Waals surface area contributed by atoms with Gasteiger partial charge >= 0.3 is 0 Å². The third kappa shape index (κ3) is 4.46. The van der Waals surface area contributed by atoms with Crippen molar-refractivity contribution in [2.75, 3.05) is 31.1 Å². The molecule has 5 nitrogen and oxygen atoms in total. The molecule has 3 aromatic rings. The minimum absolute atomic E-state index is 0. The van der Waals surface area contributed by atoms with E-state index in [0.29, 0.717) is 0 Å². The Kier molecular flexibility index (Phi) is 6.08. The molecule has 0 radical (unpaired) electrons. The van der Waals surface area contributed by atoms with Crippen LogP contribution in [0.3, 0.4) is 0 Å². The Morgan fingerprint density at radius 2 is 1.89 bits per heavy atom. The van der Waals surface area contributed by atoms with Crippen molar-refractivity contribution >= 4 is 18.2 Å². The van der Waals surface area contributed by atoms with Crippen LogP contribution in [0.1, 0.15) is 5.56 Å². The van der Waals surface area contributed by atoms with E-state index in [1.165, 1.54) is 11.6 Å². The predicted molar refractivity (Wildman–Crippen MR) is 108 cm³/mol. The SMILES string of the molecule is Cl.Cn1cc(CN2CCN(c3ncccc3-c3cccc(F)c3)CC2)cn1. The second-order valence-corrected chi connectivity index (χ2v) is 6.67. The van der Waals surface area contributed by atoms with Crippen LogP contribution >= 0.6 is 12.4 Å². The summed E-state index contributed by atoms with van der Waals surface area (Å²) in [6.45, 7) is 4.65. The number of aryl methyl sites for hydroxylation is 1. The first-order valence-corrected chi connectivity index (χ1v) is 8.85. The predicted octanol–water partition coefficient (Wildman–Crippen LogP) is 3.37. The Labute approximate surface area is 164 Å². The van der Waals surface area contributed by atoms with Gasteiger partial charge in [-0.05, 0) is 29.8 Å². The molecule has 0 amide bonds. The van der Waals surface area contributed by atoms with E-state index >= 15 is 0 Å². The second kappa shape index (κ2) is 8.50. The van der Waals surface area contributed by atoms with Crippen LogP contribution < -0.4 is 4.90 Å². The fraction of sp³-hybridized carbons (Fsp3) is 0.300. The van der Waals surface area contributed by atoms with E-state index in [4.69, 9.17) is 0 Å². The molecule has 0 bridgehead atoms. The van der Waals surface area contributed by atoms with Gasteiger partial charge in [0.25, 0.3) is 0 Å². The first-order chi connectivity index (χ1) is 12.7. The van der Waals surface area contributed by atoms with Crippen LogP contribution in [-0.2, 0) is 13.6 Å². The van der Waals surface area contributed by atoms with Gasteiger partial charge in [0, 0.05) is 63.3 Å². The van der Waals surface area contributed by atoms with E-state index in [-0.39, 0.29) is 18.2 Å². The van der Waals surface area contributed by atoms with Crippen LogP contribution in [0.4, 0.5) is 10.2 Å². The number of piperazine rings is 1. The molecule has 4 rings (SSSR count). The average molecular weight is 388 g/mol. The zero-order chi connectivity index (χ0) is 17.9. The zero-order valence-corrected chi connectivity index (χ0v) is 16.1. The summed E-state index contributed by atoms with van der Waals surface area (Å²) in [6, 6.07) is 10.6. The van der Waals surface area contributed by atoms with Crippen molar-refractivity contribution in [3.63, 3.8) is 0 Å². The number of halogens is 2. The lowest BCUT2D eigenvalue weighted by molar-refractivity contribution is 0.249. The molecule has 1 aromatic carbocycles. The van der Waals surface area contributed by atoms with Gasteiger partial charge in [-0.15, -0.1) is 12.4 Å². The molecule has 0 unspecified atom stereocenters. The van der Waals surface area contributed by atoms with Gasteiger partial charge in [-0.3, -0.25) is 9.58 Å². The van der Waals surface area contributed by atoms with Crippen LogP contribution in [-0.4, -0.2) is 45.8 Å². The molecule has 7 heteroatoms. The topological polar surface area (TPSA) is 37.2 Å². The lowest BCUT2D eigenvalue weighted by Crippen LogP contribution is -2.46. The molecule has 27 heavy (non-hydrogen) atoms. The Morgan fingerprint density at radius 3 is 2.59 bits per heavy atom. The number of benzene rings is 1. The van der Waals surface area contributed by atoms with E-state index in [9.17, 15) is 4.39 Å². The summed E-state index contributed by atoms with van der Waals surface area (Å²) < 4.78 is 15.5. The van der Waals surface area contributed by atoms with E-state index in [1.54, 1.807) is 18.3 Å². The molecular formula is C20H23ClFN5. The highest BCUT2D eigenvalue weighted by Gasteiger charge is 2.21. The third-order valence-corrected chi connectivity index (χ3v) is 4.76. The van der Waals surface area contributed by atoms with Crippen LogP contribution in [0, 0.1) is 5.82 Å². The molecule has 142 valence electrons. The zero-order valence-electron chi connectivity index (χ0n) is 15.3. The number of nitrogens with zero attached hydrogens (tertiary/aromatic N) is 5. The smallest absolute Gasteiger partial charge is 0.136 e. The van der Waals surface area contributed by atoms with Gasteiger partial charge in [-0.2, -0.15) is 5.10 Å². The quantitative estimate of drug-likeness (QED) is 0.688. The van der Waals surface area contributed by atoms with Crippen molar-refractivity contribution in [1.82, 2.24) is 19.7 Å². The number of hydrogen-bond acceptors (Lipinski definition) is 4. The van der Waals surface area contributed by atoms with Crippen molar-refractivity contribution in [3.05, 3.63) is 66.4 Å². The fourth-order valence-electron chi connectivity index (χ4n) is 3.46. The first kappa shape index (κ1) is 19.3. The van der Waals surface area contributed by atoms with Crippen LogP contribution in [0.5, 0.6) is 0 Å². The third-order valence-electron chi connectivity index (χ3n) is 4.76. The van der Waals surface area contributed by atoms with E-state index in [2.05, 4.69) is 26.1 Å². The van der Waals surface area contributed by atoms with Gasteiger partial charge in [-0.1, -0.05) is 12.1 Å². The molecule has 0 aliphatic carbocycles. The van der Waals surface area contributed by atoms with Gasteiger partial charge < -0.3 is 4.90 Å². The lowest BCUT2D eigenvalue weighted by atomic mass is 10.1. The van der Waals surface area contributed by atoms with Gasteiger partial charge in [-0.25, -0.2) is 9.37 Å². The number of aromatic nitrogens is 3. The maximum atomic E-state index is 13.6. The summed E-state index contributed by atoms with van der Waals surface area (Å²) in [5.41, 5.74) is 3.08. The van der Waals surface area contributed by atoms with Gasteiger partial charge in [0.05, 0.1) is 6.20 Å². The van der Waals surface area contributed by atoms with Crippen LogP contribution in [0.2, 0.25) is 0 Å². The van der Waals surface area contributed by atoms with Gasteiger partial charge in [0.1, 0.15) is 11.6 Å². The van der Waals surface area contributed by atoms with E-state index < -0.39 is 0 Å². The van der Waals surface area contributed by atoms with Crippen molar-refractivity contribution in [2.24, 2.45) is 7.05 Å². The number of pyridine rings is 1. The normalized spacial score (nSPS) is 14.8. The summed E-state index contributed by atoms with van der Waals surface area (Å²) in [6.07, 6.45) is 5.79. The first-order valence-electron chi connectivity index (χ1n) is 8.85. The average Bonchev–Trinajstić information content (AvgIpc) is 3.07. The van der Waals surface area contributed by atoms with Gasteiger partial charge in [0.15, 0.2) is 0 Å². The molecule has 1 saturated heterocycles. The highest BCUT2D eigenvalue weighted by molar-refractivity contribution is 5.85. The highest BCUT2D eigenvalue weighted by Crippen LogP contribution is 2.29. The Bertz CT molecular complexity index is 889. The maximum absolute atomic E-state index is 13.6. The molecule has 0 spiro atoms. The van der Waals surface area contributed by atoms with Crippen molar-refractivity contribution in [2.45, 2.75) is 6.54 Å². The minimum Gasteiger partial charge on any atom is -0.354 e. The van der Waals surface area contributed by atoms with Crippen molar-refractivity contribution in [3.8, 4) is 11.1 Å². The Morgan fingerprint density at radius 1 is 1.07 bits per heavy atom. The molecule has 0 saturated carbocycles. The molecule has 1 aliphatic rings. The van der Waals surface area contributed by atoms with Gasteiger partial charge in [0.2, 0.25) is 0 Å².